The molecule has 2 aromatic carbocycles. The number of halogens is 2. The average Bonchev–Trinajstić information content (AvgIpc) is 2.94. The third-order valence-corrected chi connectivity index (χ3v) is 9.12. The van der Waals surface area contributed by atoms with Crippen LogP contribution in [0, 0.1) is 12.8 Å². The highest BCUT2D eigenvalue weighted by atomic mass is 35.5. The van der Waals surface area contributed by atoms with Crippen LogP contribution in [0.15, 0.2) is 59.9 Å². The molecule has 0 atom stereocenters. The topological polar surface area (TPSA) is 107 Å². The van der Waals surface area contributed by atoms with E-state index in [-0.39, 0.29) is 23.1 Å². The molecule has 0 aliphatic carbocycles. The first-order valence-electron chi connectivity index (χ1n) is 12.8. The number of pyridine rings is 1. The SMILES string of the molecule is Cc1c(Cl)cccc1S(=O)(=O)Nc1cc2cncnc2nc1OCc1ccc(Cl)c(OCC2CCN(C)CC2)c1. The zero-order valence-electron chi connectivity index (χ0n) is 22.1. The van der Waals surface area contributed by atoms with E-state index in [1.165, 1.54) is 12.4 Å². The van der Waals surface area contributed by atoms with Gasteiger partial charge in [0.05, 0.1) is 16.5 Å². The predicted octanol–water partition coefficient (Wildman–Crippen LogP) is 5.74. The smallest absolute Gasteiger partial charge is 0.262 e. The fourth-order valence-electron chi connectivity index (χ4n) is 4.50. The second-order valence-electron chi connectivity index (χ2n) is 9.86. The van der Waals surface area contributed by atoms with Crippen molar-refractivity contribution >= 4 is 49.9 Å². The Labute approximate surface area is 243 Å². The summed E-state index contributed by atoms with van der Waals surface area (Å²) in [5, 5.41) is 1.41. The van der Waals surface area contributed by atoms with Crippen LogP contribution in [0.5, 0.6) is 11.6 Å². The maximum Gasteiger partial charge on any atom is 0.262 e. The van der Waals surface area contributed by atoms with E-state index >= 15 is 0 Å². The number of nitrogens with one attached hydrogen (secondary N) is 1. The molecule has 4 aromatic rings. The van der Waals surface area contributed by atoms with E-state index < -0.39 is 10.0 Å². The van der Waals surface area contributed by atoms with Crippen LogP contribution >= 0.6 is 23.2 Å². The van der Waals surface area contributed by atoms with E-state index in [0.29, 0.717) is 44.9 Å². The lowest BCUT2D eigenvalue weighted by Gasteiger charge is -2.28. The fraction of sp³-hybridized carbons (Fsp3) is 0.321. The Balaban J connectivity index is 1.37. The molecule has 2 aromatic heterocycles. The van der Waals surface area contributed by atoms with Gasteiger partial charge in [0.25, 0.3) is 10.0 Å². The van der Waals surface area contributed by atoms with Gasteiger partial charge in [-0.15, -0.1) is 0 Å². The van der Waals surface area contributed by atoms with Gasteiger partial charge in [0.1, 0.15) is 24.4 Å². The summed E-state index contributed by atoms with van der Waals surface area (Å²) in [4.78, 5) is 15.0. The molecule has 0 amide bonds. The van der Waals surface area contributed by atoms with Gasteiger partial charge in [-0.05, 0) is 87.3 Å². The molecule has 0 saturated carbocycles. The van der Waals surface area contributed by atoms with Crippen molar-refractivity contribution in [2.75, 3.05) is 31.5 Å². The molecule has 9 nitrogen and oxygen atoms in total. The van der Waals surface area contributed by atoms with E-state index in [0.717, 1.165) is 31.5 Å². The second-order valence-corrected chi connectivity index (χ2v) is 12.3. The van der Waals surface area contributed by atoms with Crippen LogP contribution in [0.2, 0.25) is 10.0 Å². The maximum absolute atomic E-state index is 13.3. The highest BCUT2D eigenvalue weighted by Gasteiger charge is 2.22. The predicted molar refractivity (Wildman–Crippen MR) is 156 cm³/mol. The number of likely N-dealkylation sites (tertiary alicyclic amines) is 1. The summed E-state index contributed by atoms with van der Waals surface area (Å²) in [6, 6.07) is 11.7. The van der Waals surface area contributed by atoms with Gasteiger partial charge in [0.15, 0.2) is 5.65 Å². The molecule has 0 unspecified atom stereocenters. The lowest BCUT2D eigenvalue weighted by atomic mass is 9.98. The van der Waals surface area contributed by atoms with Crippen molar-refractivity contribution in [2.45, 2.75) is 31.3 Å². The molecule has 1 saturated heterocycles. The fourth-order valence-corrected chi connectivity index (χ4v) is 6.22. The normalized spacial score (nSPS) is 14.8. The standard InChI is InChI=1S/C28H29Cl2N5O4S/c1-18-22(29)4-3-5-26(18)40(36,37)34-24-13-21-14-31-17-32-27(21)33-28(24)39-16-20-6-7-23(30)25(12-20)38-15-19-8-10-35(2)11-9-19/h3-7,12-14,17,19,34H,8-11,15-16H2,1-2H3. The summed E-state index contributed by atoms with van der Waals surface area (Å²) >= 11 is 12.6. The molecule has 5 rings (SSSR count). The Morgan fingerprint density at radius 3 is 2.67 bits per heavy atom. The van der Waals surface area contributed by atoms with Gasteiger partial charge in [-0.25, -0.2) is 18.4 Å². The molecule has 0 bridgehead atoms. The van der Waals surface area contributed by atoms with Crippen LogP contribution in [-0.4, -0.2) is 55.0 Å². The van der Waals surface area contributed by atoms with E-state index in [4.69, 9.17) is 32.7 Å². The zero-order valence-corrected chi connectivity index (χ0v) is 24.4. The highest BCUT2D eigenvalue weighted by molar-refractivity contribution is 7.92. The Morgan fingerprint density at radius 2 is 1.88 bits per heavy atom. The number of benzene rings is 2. The van der Waals surface area contributed by atoms with Crippen molar-refractivity contribution in [2.24, 2.45) is 5.92 Å². The number of hydrogen-bond donors (Lipinski definition) is 1. The molecule has 3 heterocycles. The van der Waals surface area contributed by atoms with Crippen LogP contribution in [0.4, 0.5) is 5.69 Å². The number of hydrogen-bond acceptors (Lipinski definition) is 8. The quantitative estimate of drug-likeness (QED) is 0.259. The lowest BCUT2D eigenvalue weighted by molar-refractivity contribution is 0.160. The average molecular weight is 603 g/mol. The number of rotatable bonds is 9. The molecule has 0 spiro atoms. The molecular weight excluding hydrogens is 573 g/mol. The molecule has 210 valence electrons. The maximum atomic E-state index is 13.3. The summed E-state index contributed by atoms with van der Waals surface area (Å²) in [5.41, 5.74) is 1.73. The minimum atomic E-state index is -4.01. The van der Waals surface area contributed by atoms with Crippen molar-refractivity contribution in [1.82, 2.24) is 19.9 Å². The summed E-state index contributed by atoms with van der Waals surface area (Å²) in [6.45, 7) is 4.45. The molecule has 1 fully saturated rings. The van der Waals surface area contributed by atoms with Gasteiger partial charge in [-0.2, -0.15) is 4.98 Å². The molecular formula is C28H29Cl2N5O4S. The zero-order chi connectivity index (χ0) is 28.3. The van der Waals surface area contributed by atoms with Crippen LogP contribution in [0.25, 0.3) is 11.0 Å². The Morgan fingerprint density at radius 1 is 1.07 bits per heavy atom. The van der Waals surface area contributed by atoms with Crippen LogP contribution in [-0.2, 0) is 16.6 Å². The van der Waals surface area contributed by atoms with Gasteiger partial charge < -0.3 is 14.4 Å². The largest absolute Gasteiger partial charge is 0.492 e. The minimum Gasteiger partial charge on any atom is -0.492 e. The third kappa shape index (κ3) is 6.58. The van der Waals surface area contributed by atoms with E-state index in [2.05, 4.69) is 31.6 Å². The van der Waals surface area contributed by atoms with Gasteiger partial charge in [0, 0.05) is 16.6 Å². The van der Waals surface area contributed by atoms with E-state index in [1.807, 2.05) is 12.1 Å². The number of ether oxygens (including phenoxy) is 2. The highest BCUT2D eigenvalue weighted by Crippen LogP contribution is 2.32. The first-order chi connectivity index (χ1) is 19.2. The van der Waals surface area contributed by atoms with Gasteiger partial charge in [0.2, 0.25) is 5.88 Å². The number of aromatic nitrogens is 3. The first-order valence-corrected chi connectivity index (χ1v) is 15.0. The van der Waals surface area contributed by atoms with Crippen LogP contribution in [0.3, 0.4) is 0 Å². The summed E-state index contributed by atoms with van der Waals surface area (Å²) in [6.07, 6.45) is 5.09. The van der Waals surface area contributed by atoms with Gasteiger partial charge >= 0.3 is 0 Å². The van der Waals surface area contributed by atoms with Crippen LogP contribution < -0.4 is 14.2 Å². The van der Waals surface area contributed by atoms with Gasteiger partial charge in [-0.3, -0.25) is 4.72 Å². The van der Waals surface area contributed by atoms with Crippen molar-refractivity contribution < 1.29 is 17.9 Å². The molecule has 1 aliphatic rings. The van der Waals surface area contributed by atoms with E-state index in [9.17, 15) is 8.42 Å². The molecule has 1 N–H and O–H groups in total. The summed E-state index contributed by atoms with van der Waals surface area (Å²) < 4.78 is 41.4. The number of anilines is 1. The Kier molecular flexibility index (Phi) is 8.60. The van der Waals surface area contributed by atoms with E-state index in [1.54, 1.807) is 37.4 Å². The Bertz CT molecular complexity index is 1630. The van der Waals surface area contributed by atoms with Gasteiger partial charge in [-0.1, -0.05) is 35.3 Å². The minimum absolute atomic E-state index is 0.0551. The van der Waals surface area contributed by atoms with Crippen LogP contribution in [0.1, 0.15) is 24.0 Å². The molecule has 40 heavy (non-hydrogen) atoms. The number of piperidine rings is 1. The molecule has 12 heteroatoms. The second kappa shape index (κ2) is 12.1. The lowest BCUT2D eigenvalue weighted by Crippen LogP contribution is -2.32. The number of fused-ring (bicyclic) bond motifs is 1. The summed E-state index contributed by atoms with van der Waals surface area (Å²) in [7, 11) is -1.88. The van der Waals surface area contributed by atoms with Crippen molar-refractivity contribution in [1.29, 1.82) is 0 Å². The van der Waals surface area contributed by atoms with Crippen molar-refractivity contribution in [3.63, 3.8) is 0 Å². The molecule has 1 aliphatic heterocycles. The number of nitrogens with zero attached hydrogens (tertiary/aromatic N) is 4. The first kappa shape index (κ1) is 28.4. The monoisotopic (exact) mass is 601 g/mol. The third-order valence-electron chi connectivity index (χ3n) is 6.89. The Hall–Kier alpha value is -3.18. The summed E-state index contributed by atoms with van der Waals surface area (Å²) in [5.74, 6) is 1.13. The van der Waals surface area contributed by atoms with Crippen molar-refractivity contribution in [3.8, 4) is 11.6 Å². The number of sulfonamides is 1. The molecule has 0 radical (unpaired) electrons. The van der Waals surface area contributed by atoms with Crippen molar-refractivity contribution in [3.05, 3.63) is 76.2 Å².